The number of amides is 1. The minimum atomic E-state index is -0.0244. The van der Waals surface area contributed by atoms with E-state index in [2.05, 4.69) is 15.4 Å². The van der Waals surface area contributed by atoms with Gasteiger partial charge in [0.15, 0.2) is 5.82 Å². The largest absolute Gasteiger partial charge is 0.460 e. The summed E-state index contributed by atoms with van der Waals surface area (Å²) in [6.45, 7) is 5.95. The summed E-state index contributed by atoms with van der Waals surface area (Å²) in [5.41, 5.74) is 3.67. The second-order valence-corrected chi connectivity index (χ2v) is 7.78. The highest BCUT2D eigenvalue weighted by molar-refractivity contribution is 5.93. The first-order valence-electron chi connectivity index (χ1n) is 10.1. The summed E-state index contributed by atoms with van der Waals surface area (Å²) in [7, 11) is 0. The van der Waals surface area contributed by atoms with E-state index in [1.54, 1.807) is 4.68 Å². The predicted molar refractivity (Wildman–Crippen MR) is 113 cm³/mol. The number of rotatable bonds is 6. The summed E-state index contributed by atoms with van der Waals surface area (Å²) in [5, 5.41) is 7.62. The smallest absolute Gasteiger partial charge is 0.336 e. The van der Waals surface area contributed by atoms with Crippen LogP contribution in [-0.4, -0.2) is 26.8 Å². The number of anilines is 1. The quantitative estimate of drug-likeness (QED) is 0.658. The summed E-state index contributed by atoms with van der Waals surface area (Å²) in [5.74, 6) is 0.940. The minimum Gasteiger partial charge on any atom is -0.460 e. The standard InChI is InChI=1S/C23H26N4O2/c1-15(2)29-23-25-21(20-13-5-4-8-16(20)3)27(26-23)19-12-7-11-18(14-19)24-22(28)17-9-6-10-17/h4-5,7-8,11-15,17H,6,9-10H2,1-3H3,(H,24,28). The fraction of sp³-hybridized carbons (Fsp3) is 0.348. The number of aryl methyl sites for hydroxylation is 1. The third-order valence-electron chi connectivity index (χ3n) is 5.15. The SMILES string of the molecule is Cc1ccccc1-c1nc(OC(C)C)nn1-c1cccc(NC(=O)C2CCC2)c1. The van der Waals surface area contributed by atoms with Crippen molar-refractivity contribution in [3.05, 3.63) is 54.1 Å². The Morgan fingerprint density at radius 3 is 2.66 bits per heavy atom. The highest BCUT2D eigenvalue weighted by Crippen LogP contribution is 2.29. The molecule has 0 saturated heterocycles. The van der Waals surface area contributed by atoms with Crippen LogP contribution in [0.15, 0.2) is 48.5 Å². The van der Waals surface area contributed by atoms with Gasteiger partial charge in [-0.15, -0.1) is 5.10 Å². The molecule has 1 fully saturated rings. The molecule has 6 nitrogen and oxygen atoms in total. The normalized spacial score (nSPS) is 13.9. The Labute approximate surface area is 170 Å². The third kappa shape index (κ3) is 4.16. The van der Waals surface area contributed by atoms with Crippen molar-refractivity contribution in [3.8, 4) is 23.1 Å². The molecule has 1 saturated carbocycles. The lowest BCUT2D eigenvalue weighted by molar-refractivity contribution is -0.122. The van der Waals surface area contributed by atoms with Gasteiger partial charge in [-0.2, -0.15) is 4.98 Å². The van der Waals surface area contributed by atoms with Crippen molar-refractivity contribution in [1.82, 2.24) is 14.8 Å². The van der Waals surface area contributed by atoms with Gasteiger partial charge in [-0.05, 0) is 57.4 Å². The first kappa shape index (κ1) is 19.2. The first-order chi connectivity index (χ1) is 14.0. The van der Waals surface area contributed by atoms with Gasteiger partial charge in [0, 0.05) is 17.2 Å². The molecule has 0 atom stereocenters. The molecule has 1 heterocycles. The lowest BCUT2D eigenvalue weighted by Crippen LogP contribution is -2.28. The number of carbonyl (C=O) groups excluding carboxylic acids is 1. The number of carbonyl (C=O) groups is 1. The van der Waals surface area contributed by atoms with Crippen molar-refractivity contribution in [3.63, 3.8) is 0 Å². The van der Waals surface area contributed by atoms with Crippen LogP contribution in [0.4, 0.5) is 5.69 Å². The van der Waals surface area contributed by atoms with E-state index in [0.29, 0.717) is 11.8 Å². The first-order valence-corrected chi connectivity index (χ1v) is 10.1. The summed E-state index contributed by atoms with van der Waals surface area (Å²) < 4.78 is 7.53. The van der Waals surface area contributed by atoms with Crippen LogP contribution in [0, 0.1) is 12.8 Å². The van der Waals surface area contributed by atoms with Gasteiger partial charge in [-0.1, -0.05) is 36.8 Å². The highest BCUT2D eigenvalue weighted by atomic mass is 16.5. The number of benzene rings is 2. The average molecular weight is 390 g/mol. The van der Waals surface area contributed by atoms with Crippen LogP contribution < -0.4 is 10.1 Å². The van der Waals surface area contributed by atoms with Gasteiger partial charge in [0.25, 0.3) is 0 Å². The van der Waals surface area contributed by atoms with Crippen LogP contribution in [0.1, 0.15) is 38.7 Å². The van der Waals surface area contributed by atoms with E-state index < -0.39 is 0 Å². The maximum absolute atomic E-state index is 12.3. The lowest BCUT2D eigenvalue weighted by atomic mass is 9.85. The minimum absolute atomic E-state index is 0.0244. The second-order valence-electron chi connectivity index (χ2n) is 7.78. The number of ether oxygens (including phenoxy) is 1. The highest BCUT2D eigenvalue weighted by Gasteiger charge is 2.25. The molecular formula is C23H26N4O2. The van der Waals surface area contributed by atoms with Crippen molar-refractivity contribution in [1.29, 1.82) is 0 Å². The maximum atomic E-state index is 12.3. The molecule has 0 aliphatic heterocycles. The Morgan fingerprint density at radius 1 is 1.17 bits per heavy atom. The summed E-state index contributed by atoms with van der Waals surface area (Å²) >= 11 is 0. The zero-order valence-electron chi connectivity index (χ0n) is 17.1. The summed E-state index contributed by atoms with van der Waals surface area (Å²) in [6.07, 6.45) is 3.06. The van der Waals surface area contributed by atoms with Gasteiger partial charge in [0.1, 0.15) is 0 Å². The molecular weight excluding hydrogens is 364 g/mol. The van der Waals surface area contributed by atoms with Gasteiger partial charge >= 0.3 is 6.01 Å². The molecule has 0 bridgehead atoms. The van der Waals surface area contributed by atoms with Gasteiger partial charge in [-0.3, -0.25) is 4.79 Å². The van der Waals surface area contributed by atoms with Crippen LogP contribution in [0.2, 0.25) is 0 Å². The molecule has 0 radical (unpaired) electrons. The molecule has 1 amide bonds. The molecule has 3 aromatic rings. The van der Waals surface area contributed by atoms with E-state index in [4.69, 9.17) is 4.74 Å². The zero-order valence-corrected chi connectivity index (χ0v) is 17.1. The molecule has 6 heteroatoms. The van der Waals surface area contributed by atoms with E-state index >= 15 is 0 Å². The van der Waals surface area contributed by atoms with Crippen molar-refractivity contribution < 1.29 is 9.53 Å². The molecule has 150 valence electrons. The molecule has 2 aromatic carbocycles. The Hall–Kier alpha value is -3.15. The van der Waals surface area contributed by atoms with Crippen LogP contribution in [0.25, 0.3) is 17.1 Å². The fourth-order valence-corrected chi connectivity index (χ4v) is 3.36. The van der Waals surface area contributed by atoms with Crippen LogP contribution >= 0.6 is 0 Å². The molecule has 1 N–H and O–H groups in total. The Balaban J connectivity index is 1.71. The van der Waals surface area contributed by atoms with E-state index in [1.165, 1.54) is 0 Å². The maximum Gasteiger partial charge on any atom is 0.336 e. The number of nitrogens with zero attached hydrogens (tertiary/aromatic N) is 3. The molecule has 0 spiro atoms. The average Bonchev–Trinajstić information content (AvgIpc) is 3.03. The van der Waals surface area contributed by atoms with Gasteiger partial charge < -0.3 is 10.1 Å². The van der Waals surface area contributed by atoms with E-state index in [9.17, 15) is 4.79 Å². The van der Waals surface area contributed by atoms with Crippen molar-refractivity contribution in [2.45, 2.75) is 46.1 Å². The van der Waals surface area contributed by atoms with Crippen molar-refractivity contribution >= 4 is 11.6 Å². The summed E-state index contributed by atoms with van der Waals surface area (Å²) in [6, 6.07) is 16.1. The van der Waals surface area contributed by atoms with Gasteiger partial charge in [-0.25, -0.2) is 4.68 Å². The Bertz CT molecular complexity index is 1020. The number of nitrogens with one attached hydrogen (secondary N) is 1. The van der Waals surface area contributed by atoms with E-state index in [0.717, 1.165) is 41.8 Å². The third-order valence-corrected chi connectivity index (χ3v) is 5.15. The van der Waals surface area contributed by atoms with E-state index in [-0.39, 0.29) is 17.9 Å². The molecule has 4 rings (SSSR count). The number of aromatic nitrogens is 3. The predicted octanol–water partition coefficient (Wildman–Crippen LogP) is 4.77. The van der Waals surface area contributed by atoms with Crippen molar-refractivity contribution in [2.24, 2.45) is 5.92 Å². The monoisotopic (exact) mass is 390 g/mol. The Kier molecular flexibility index (Phi) is 5.34. The zero-order chi connectivity index (χ0) is 20.4. The lowest BCUT2D eigenvalue weighted by Gasteiger charge is -2.24. The Morgan fingerprint density at radius 2 is 1.97 bits per heavy atom. The molecule has 1 aromatic heterocycles. The van der Waals surface area contributed by atoms with Crippen LogP contribution in [-0.2, 0) is 4.79 Å². The van der Waals surface area contributed by atoms with Crippen LogP contribution in [0.5, 0.6) is 6.01 Å². The van der Waals surface area contributed by atoms with Gasteiger partial charge in [0.05, 0.1) is 11.8 Å². The molecule has 1 aliphatic carbocycles. The van der Waals surface area contributed by atoms with E-state index in [1.807, 2.05) is 69.3 Å². The second kappa shape index (κ2) is 8.07. The number of hydrogen-bond donors (Lipinski definition) is 1. The molecule has 29 heavy (non-hydrogen) atoms. The topological polar surface area (TPSA) is 69.0 Å². The van der Waals surface area contributed by atoms with Gasteiger partial charge in [0.2, 0.25) is 5.91 Å². The summed E-state index contributed by atoms with van der Waals surface area (Å²) in [4.78, 5) is 17.0. The molecule has 0 unspecified atom stereocenters. The van der Waals surface area contributed by atoms with Crippen LogP contribution in [0.3, 0.4) is 0 Å². The fourth-order valence-electron chi connectivity index (χ4n) is 3.36. The van der Waals surface area contributed by atoms with Crippen molar-refractivity contribution in [2.75, 3.05) is 5.32 Å². The number of hydrogen-bond acceptors (Lipinski definition) is 4. The molecule has 1 aliphatic rings.